The lowest BCUT2D eigenvalue weighted by Crippen LogP contribution is -2.43. The van der Waals surface area contributed by atoms with Gasteiger partial charge in [-0.15, -0.1) is 0 Å². The summed E-state index contributed by atoms with van der Waals surface area (Å²) in [5.74, 6) is 0.335. The van der Waals surface area contributed by atoms with Gasteiger partial charge in [-0.3, -0.25) is 10.1 Å². The van der Waals surface area contributed by atoms with Gasteiger partial charge in [-0.1, -0.05) is 0 Å². The van der Waals surface area contributed by atoms with Gasteiger partial charge in [0.15, 0.2) is 5.75 Å². The number of aliphatic hydroxyl groups is 1. The average Bonchev–Trinajstić information content (AvgIpc) is 2.60. The van der Waals surface area contributed by atoms with Crippen LogP contribution in [0.1, 0.15) is 26.2 Å². The van der Waals surface area contributed by atoms with Crippen molar-refractivity contribution in [1.82, 2.24) is 4.90 Å². The molecule has 1 aromatic rings. The van der Waals surface area contributed by atoms with Crippen LogP contribution in [0.15, 0.2) is 18.2 Å². The zero-order chi connectivity index (χ0) is 17.5. The van der Waals surface area contributed by atoms with E-state index in [-0.39, 0.29) is 12.3 Å². The second-order valence-corrected chi connectivity index (χ2v) is 6.12. The quantitative estimate of drug-likeness (QED) is 0.579. The number of nitro groups is 1. The Kier molecular flexibility index (Phi) is 6.81. The van der Waals surface area contributed by atoms with Gasteiger partial charge in [-0.05, 0) is 39.3 Å². The molecule has 0 amide bonds. The Labute approximate surface area is 143 Å². The van der Waals surface area contributed by atoms with Gasteiger partial charge in [-0.2, -0.15) is 0 Å². The van der Waals surface area contributed by atoms with E-state index < -0.39 is 4.92 Å². The topological polar surface area (TPSA) is 79.1 Å². The lowest BCUT2D eigenvalue weighted by atomic mass is 10.0. The molecule has 0 saturated carbocycles. The Hall–Kier alpha value is -1.86. The van der Waals surface area contributed by atoms with E-state index in [2.05, 4.69) is 16.8 Å². The van der Waals surface area contributed by atoms with Crippen LogP contribution in [0.3, 0.4) is 0 Å². The van der Waals surface area contributed by atoms with Crippen molar-refractivity contribution in [1.29, 1.82) is 0 Å². The number of aliphatic hydroxyl groups excluding tert-OH is 1. The molecule has 0 aliphatic carbocycles. The van der Waals surface area contributed by atoms with Crippen LogP contribution in [0.5, 0.6) is 5.75 Å². The second kappa shape index (κ2) is 8.84. The van der Waals surface area contributed by atoms with Gasteiger partial charge >= 0.3 is 5.69 Å². The van der Waals surface area contributed by atoms with Crippen molar-refractivity contribution in [3.63, 3.8) is 0 Å². The lowest BCUT2D eigenvalue weighted by molar-refractivity contribution is -0.385. The SMILES string of the molecule is CCOc1cc(N2CCC(N(C)CCCO)CC2)ccc1[N+](=O)[O-]. The van der Waals surface area contributed by atoms with E-state index >= 15 is 0 Å². The molecule has 0 atom stereocenters. The summed E-state index contributed by atoms with van der Waals surface area (Å²) in [6.07, 6.45) is 2.89. The first-order valence-electron chi connectivity index (χ1n) is 8.54. The van der Waals surface area contributed by atoms with E-state index in [0.29, 0.717) is 18.4 Å². The van der Waals surface area contributed by atoms with Crippen LogP contribution in [0, 0.1) is 10.1 Å². The zero-order valence-corrected chi connectivity index (χ0v) is 14.5. The van der Waals surface area contributed by atoms with Crippen LogP contribution in [0.4, 0.5) is 11.4 Å². The Morgan fingerprint density at radius 3 is 2.71 bits per heavy atom. The predicted octanol–water partition coefficient (Wildman–Crippen LogP) is 2.28. The first kappa shape index (κ1) is 18.5. The fraction of sp³-hybridized carbons (Fsp3) is 0.647. The Morgan fingerprint density at radius 1 is 1.42 bits per heavy atom. The van der Waals surface area contributed by atoms with Crippen LogP contribution in [0.25, 0.3) is 0 Å². The van der Waals surface area contributed by atoms with Gasteiger partial charge in [0.2, 0.25) is 0 Å². The van der Waals surface area contributed by atoms with Crippen molar-refractivity contribution in [3.8, 4) is 5.75 Å². The number of rotatable bonds is 8. The van der Waals surface area contributed by atoms with Crippen molar-refractivity contribution in [2.75, 3.05) is 44.8 Å². The smallest absolute Gasteiger partial charge is 0.311 e. The number of anilines is 1. The highest BCUT2D eigenvalue weighted by atomic mass is 16.6. The van der Waals surface area contributed by atoms with E-state index in [4.69, 9.17) is 9.84 Å². The highest BCUT2D eigenvalue weighted by Crippen LogP contribution is 2.33. The third-order valence-corrected chi connectivity index (χ3v) is 4.56. The van der Waals surface area contributed by atoms with E-state index in [9.17, 15) is 10.1 Å². The van der Waals surface area contributed by atoms with E-state index in [1.54, 1.807) is 12.1 Å². The molecule has 0 spiro atoms. The number of hydrogen-bond donors (Lipinski definition) is 1. The number of nitrogens with zero attached hydrogens (tertiary/aromatic N) is 3. The van der Waals surface area contributed by atoms with Crippen molar-refractivity contribution in [3.05, 3.63) is 28.3 Å². The third-order valence-electron chi connectivity index (χ3n) is 4.56. The zero-order valence-electron chi connectivity index (χ0n) is 14.5. The summed E-state index contributed by atoms with van der Waals surface area (Å²) in [5, 5.41) is 20.0. The summed E-state index contributed by atoms with van der Waals surface area (Å²) in [4.78, 5) is 15.2. The van der Waals surface area contributed by atoms with Crippen LogP contribution < -0.4 is 9.64 Å². The minimum Gasteiger partial charge on any atom is -0.487 e. The molecule has 0 aromatic heterocycles. The molecule has 1 heterocycles. The molecule has 0 radical (unpaired) electrons. The normalized spacial score (nSPS) is 15.8. The fourth-order valence-corrected chi connectivity index (χ4v) is 3.19. The first-order chi connectivity index (χ1) is 11.6. The number of ether oxygens (including phenoxy) is 1. The van der Waals surface area contributed by atoms with Gasteiger partial charge in [0.1, 0.15) is 0 Å². The van der Waals surface area contributed by atoms with E-state index in [0.717, 1.165) is 44.6 Å². The van der Waals surface area contributed by atoms with Crippen molar-refractivity contribution >= 4 is 11.4 Å². The Morgan fingerprint density at radius 2 is 2.12 bits per heavy atom. The van der Waals surface area contributed by atoms with Gasteiger partial charge in [0, 0.05) is 50.1 Å². The summed E-state index contributed by atoms with van der Waals surface area (Å²) in [5.41, 5.74) is 0.986. The minimum absolute atomic E-state index is 0.0132. The van der Waals surface area contributed by atoms with E-state index in [1.807, 2.05) is 6.92 Å². The Bertz CT molecular complexity index is 545. The molecule has 0 unspecified atom stereocenters. The molecule has 1 aliphatic heterocycles. The maximum atomic E-state index is 11.1. The van der Waals surface area contributed by atoms with Crippen LogP contribution in [0.2, 0.25) is 0 Å². The molecule has 1 fully saturated rings. The van der Waals surface area contributed by atoms with Crippen molar-refractivity contribution < 1.29 is 14.8 Å². The van der Waals surface area contributed by atoms with Gasteiger partial charge < -0.3 is 19.6 Å². The molecule has 24 heavy (non-hydrogen) atoms. The van der Waals surface area contributed by atoms with Gasteiger partial charge in [0.05, 0.1) is 11.5 Å². The molecular formula is C17H27N3O4. The number of nitro benzene ring substituents is 1. The number of hydrogen-bond acceptors (Lipinski definition) is 6. The summed E-state index contributed by atoms with van der Waals surface area (Å²) >= 11 is 0. The monoisotopic (exact) mass is 337 g/mol. The summed E-state index contributed by atoms with van der Waals surface area (Å²) in [6.45, 7) is 5.19. The molecule has 7 nitrogen and oxygen atoms in total. The maximum Gasteiger partial charge on any atom is 0.311 e. The average molecular weight is 337 g/mol. The highest BCUT2D eigenvalue weighted by molar-refractivity contribution is 5.59. The minimum atomic E-state index is -0.406. The van der Waals surface area contributed by atoms with E-state index in [1.165, 1.54) is 6.07 Å². The molecule has 7 heteroatoms. The molecule has 1 aromatic carbocycles. The highest BCUT2D eigenvalue weighted by Gasteiger charge is 2.24. The molecular weight excluding hydrogens is 310 g/mol. The standard InChI is InChI=1S/C17H27N3O4/c1-3-24-17-13-15(5-6-16(17)20(22)23)19-10-7-14(8-11-19)18(2)9-4-12-21/h5-6,13-14,21H,3-4,7-12H2,1-2H3. The summed E-state index contributed by atoms with van der Waals surface area (Å²) in [6, 6.07) is 5.63. The molecule has 134 valence electrons. The van der Waals surface area contributed by atoms with Crippen LogP contribution in [-0.2, 0) is 0 Å². The number of benzene rings is 1. The Balaban J connectivity index is 2.01. The molecule has 0 bridgehead atoms. The second-order valence-electron chi connectivity index (χ2n) is 6.12. The molecule has 1 aliphatic rings. The third kappa shape index (κ3) is 4.58. The lowest BCUT2D eigenvalue weighted by Gasteiger charge is -2.38. The largest absolute Gasteiger partial charge is 0.487 e. The molecule has 1 saturated heterocycles. The first-order valence-corrected chi connectivity index (χ1v) is 8.54. The van der Waals surface area contributed by atoms with Crippen molar-refractivity contribution in [2.24, 2.45) is 0 Å². The van der Waals surface area contributed by atoms with Crippen LogP contribution >= 0.6 is 0 Å². The maximum absolute atomic E-state index is 11.1. The molecule has 2 rings (SSSR count). The molecule has 1 N–H and O–H groups in total. The van der Waals surface area contributed by atoms with Gasteiger partial charge in [0.25, 0.3) is 0 Å². The fourth-order valence-electron chi connectivity index (χ4n) is 3.19. The van der Waals surface area contributed by atoms with Crippen molar-refractivity contribution in [2.45, 2.75) is 32.2 Å². The number of piperidine rings is 1. The van der Waals surface area contributed by atoms with Gasteiger partial charge in [-0.25, -0.2) is 0 Å². The predicted molar refractivity (Wildman–Crippen MR) is 93.8 cm³/mol. The summed E-state index contributed by atoms with van der Waals surface area (Å²) in [7, 11) is 2.11. The van der Waals surface area contributed by atoms with Crippen LogP contribution in [-0.4, -0.2) is 60.9 Å². The summed E-state index contributed by atoms with van der Waals surface area (Å²) < 4.78 is 5.43.